The number of fused-ring (bicyclic) bond motifs is 3. The van der Waals surface area contributed by atoms with Crippen LogP contribution in [0.1, 0.15) is 47.2 Å². The van der Waals surface area contributed by atoms with Crippen molar-refractivity contribution in [2.24, 2.45) is 0 Å². The van der Waals surface area contributed by atoms with Gasteiger partial charge in [-0.3, -0.25) is 9.59 Å². The van der Waals surface area contributed by atoms with Gasteiger partial charge in [0, 0.05) is 16.5 Å². The Hall–Kier alpha value is -2.62. The second-order valence-electron chi connectivity index (χ2n) is 5.87. The van der Waals surface area contributed by atoms with Crippen LogP contribution in [0.2, 0.25) is 0 Å². The second-order valence-corrected chi connectivity index (χ2v) is 5.87. The number of phenolic OH excluding ortho intramolecular Hbond substituents is 1. The number of nitrogens with one attached hydrogen (secondary N) is 1. The van der Waals surface area contributed by atoms with E-state index >= 15 is 0 Å². The number of aromatic nitrogens is 1. The molecule has 1 heterocycles. The summed E-state index contributed by atoms with van der Waals surface area (Å²) in [6, 6.07) is 3.27. The molecule has 4 heteroatoms. The third-order valence-electron chi connectivity index (χ3n) is 3.95. The lowest BCUT2D eigenvalue weighted by atomic mass is 9.93. The molecule has 0 radical (unpaired) electrons. The highest BCUT2D eigenvalue weighted by atomic mass is 16.3. The van der Waals surface area contributed by atoms with E-state index in [4.69, 9.17) is 0 Å². The van der Waals surface area contributed by atoms with Crippen molar-refractivity contribution in [3.63, 3.8) is 0 Å². The van der Waals surface area contributed by atoms with E-state index in [0.29, 0.717) is 39.7 Å². The molecule has 1 aliphatic carbocycles. The molecule has 0 saturated carbocycles. The minimum absolute atomic E-state index is 0.139. The molecule has 1 aromatic heterocycles. The van der Waals surface area contributed by atoms with Gasteiger partial charge in [-0.05, 0) is 45.4 Å². The molecule has 1 aromatic carbocycles. The first-order chi connectivity index (χ1) is 10.4. The van der Waals surface area contributed by atoms with Crippen LogP contribution in [0.15, 0.2) is 35.4 Å². The van der Waals surface area contributed by atoms with Crippen molar-refractivity contribution in [3.8, 4) is 5.75 Å². The van der Waals surface area contributed by atoms with Crippen LogP contribution in [0, 0.1) is 0 Å². The van der Waals surface area contributed by atoms with E-state index in [1.165, 1.54) is 6.08 Å². The number of hydrogen-bond donors (Lipinski definition) is 2. The number of aromatic hydroxyl groups is 1. The summed E-state index contributed by atoms with van der Waals surface area (Å²) >= 11 is 0. The Balaban J connectivity index is 2.29. The van der Waals surface area contributed by atoms with Gasteiger partial charge in [0.1, 0.15) is 5.75 Å². The van der Waals surface area contributed by atoms with Gasteiger partial charge in [0.25, 0.3) is 0 Å². The predicted octanol–water partition coefficient (Wildman–Crippen LogP) is 3.71. The van der Waals surface area contributed by atoms with E-state index in [9.17, 15) is 14.7 Å². The van der Waals surface area contributed by atoms with Crippen LogP contribution in [0.25, 0.3) is 10.9 Å². The van der Waals surface area contributed by atoms with Crippen molar-refractivity contribution in [2.45, 2.75) is 27.2 Å². The summed E-state index contributed by atoms with van der Waals surface area (Å²) in [5.74, 6) is -0.177. The van der Waals surface area contributed by atoms with Gasteiger partial charge in [0.2, 0.25) is 5.78 Å². The van der Waals surface area contributed by atoms with Gasteiger partial charge in [-0.15, -0.1) is 0 Å². The molecule has 3 rings (SSSR count). The average molecular weight is 295 g/mol. The van der Waals surface area contributed by atoms with Crippen molar-refractivity contribution in [1.82, 2.24) is 4.98 Å². The Morgan fingerprint density at radius 2 is 2.00 bits per heavy atom. The molecule has 0 fully saturated rings. The zero-order chi connectivity index (χ0) is 16.0. The summed E-state index contributed by atoms with van der Waals surface area (Å²) in [5, 5.41) is 10.8. The molecule has 2 N–H and O–H groups in total. The molecule has 0 aliphatic heterocycles. The molecule has 112 valence electrons. The summed E-state index contributed by atoms with van der Waals surface area (Å²) < 4.78 is 0. The summed E-state index contributed by atoms with van der Waals surface area (Å²) in [7, 11) is 0. The first-order valence-corrected chi connectivity index (χ1v) is 7.17. The Morgan fingerprint density at radius 1 is 1.27 bits per heavy atom. The molecule has 0 amide bonds. The van der Waals surface area contributed by atoms with Crippen molar-refractivity contribution >= 4 is 22.5 Å². The number of carbonyl (C=O) groups is 2. The molecular weight excluding hydrogens is 278 g/mol. The molecule has 0 saturated heterocycles. The third kappa shape index (κ3) is 2.08. The van der Waals surface area contributed by atoms with Crippen LogP contribution in [0.5, 0.6) is 5.75 Å². The van der Waals surface area contributed by atoms with Crippen molar-refractivity contribution < 1.29 is 14.7 Å². The molecule has 0 unspecified atom stereocenters. The highest BCUT2D eigenvalue weighted by Gasteiger charge is 2.28. The minimum Gasteiger partial charge on any atom is -0.508 e. The number of aromatic amines is 1. The monoisotopic (exact) mass is 295 g/mol. The fraction of sp³-hybridized carbons (Fsp3) is 0.222. The summed E-state index contributed by atoms with van der Waals surface area (Å²) in [6.07, 6.45) is 3.90. The van der Waals surface area contributed by atoms with Crippen LogP contribution < -0.4 is 0 Å². The van der Waals surface area contributed by atoms with E-state index in [-0.39, 0.29) is 17.3 Å². The van der Waals surface area contributed by atoms with Crippen LogP contribution in [0.4, 0.5) is 0 Å². The number of Topliss-reactive ketones (excluding diaryl/α,β-unsaturated/α-hetero) is 1. The highest BCUT2D eigenvalue weighted by molar-refractivity contribution is 6.29. The number of allylic oxidation sites excluding steroid dienone is 4. The van der Waals surface area contributed by atoms with Crippen molar-refractivity contribution in [3.05, 3.63) is 52.3 Å². The Labute approximate surface area is 128 Å². The molecule has 1 aliphatic rings. The first kappa shape index (κ1) is 14.3. The van der Waals surface area contributed by atoms with E-state index in [0.717, 1.165) is 5.57 Å². The number of phenols is 1. The third-order valence-corrected chi connectivity index (χ3v) is 3.95. The second kappa shape index (κ2) is 4.98. The Bertz CT molecular complexity index is 877. The lowest BCUT2D eigenvalue weighted by Crippen LogP contribution is -2.14. The van der Waals surface area contributed by atoms with Gasteiger partial charge in [-0.2, -0.15) is 0 Å². The van der Waals surface area contributed by atoms with Gasteiger partial charge < -0.3 is 10.1 Å². The molecule has 0 bridgehead atoms. The molecule has 4 nitrogen and oxygen atoms in total. The zero-order valence-electron chi connectivity index (χ0n) is 12.8. The summed E-state index contributed by atoms with van der Waals surface area (Å²) in [4.78, 5) is 27.6. The van der Waals surface area contributed by atoms with Crippen LogP contribution >= 0.6 is 0 Å². The number of ketones is 2. The number of hydrogen-bond acceptors (Lipinski definition) is 3. The maximum atomic E-state index is 12.4. The zero-order valence-corrected chi connectivity index (χ0v) is 12.8. The van der Waals surface area contributed by atoms with Crippen LogP contribution in [-0.2, 0) is 6.42 Å². The molecule has 0 spiro atoms. The maximum absolute atomic E-state index is 12.4. The summed E-state index contributed by atoms with van der Waals surface area (Å²) in [5.41, 5.74) is 3.67. The van der Waals surface area contributed by atoms with E-state index in [1.807, 2.05) is 19.9 Å². The van der Waals surface area contributed by atoms with Crippen molar-refractivity contribution in [1.29, 1.82) is 0 Å². The van der Waals surface area contributed by atoms with Gasteiger partial charge in [-0.1, -0.05) is 11.6 Å². The van der Waals surface area contributed by atoms with E-state index in [2.05, 4.69) is 4.98 Å². The lowest BCUT2D eigenvalue weighted by molar-refractivity contribution is 0.0983. The minimum atomic E-state index is -0.198. The number of benzene rings is 1. The molecule has 2 aromatic rings. The maximum Gasteiger partial charge on any atom is 0.203 e. The van der Waals surface area contributed by atoms with Gasteiger partial charge >= 0.3 is 0 Å². The van der Waals surface area contributed by atoms with Crippen molar-refractivity contribution in [2.75, 3.05) is 0 Å². The fourth-order valence-corrected chi connectivity index (χ4v) is 2.78. The normalized spacial score (nSPS) is 14.0. The lowest BCUT2D eigenvalue weighted by Gasteiger charge is -2.08. The predicted molar refractivity (Wildman–Crippen MR) is 85.5 cm³/mol. The van der Waals surface area contributed by atoms with Gasteiger partial charge in [0.15, 0.2) is 5.78 Å². The quantitative estimate of drug-likeness (QED) is 0.830. The smallest absolute Gasteiger partial charge is 0.203 e. The number of H-pyrrole nitrogens is 1. The van der Waals surface area contributed by atoms with Crippen LogP contribution in [0.3, 0.4) is 0 Å². The molecule has 22 heavy (non-hydrogen) atoms. The topological polar surface area (TPSA) is 70.2 Å². The summed E-state index contributed by atoms with van der Waals surface area (Å²) in [6.45, 7) is 5.61. The Kier molecular flexibility index (Phi) is 3.24. The fourth-order valence-electron chi connectivity index (χ4n) is 2.78. The van der Waals surface area contributed by atoms with Gasteiger partial charge in [0.05, 0.1) is 16.8 Å². The SMILES string of the molecule is CC(C)=CCc1c(O)ccc2c3c([nH]c12)C(=O)C=C(C)C3=O. The largest absolute Gasteiger partial charge is 0.508 e. The van der Waals surface area contributed by atoms with E-state index < -0.39 is 0 Å². The van der Waals surface area contributed by atoms with Gasteiger partial charge in [-0.25, -0.2) is 0 Å². The number of rotatable bonds is 2. The molecular formula is C18H17NO3. The van der Waals surface area contributed by atoms with Crippen LogP contribution in [-0.4, -0.2) is 21.7 Å². The van der Waals surface area contributed by atoms with E-state index in [1.54, 1.807) is 19.1 Å². The highest BCUT2D eigenvalue weighted by Crippen LogP contribution is 2.34. The molecule has 0 atom stereocenters. The number of carbonyl (C=O) groups excluding carboxylic acids is 2. The average Bonchev–Trinajstić information content (AvgIpc) is 2.83. The first-order valence-electron chi connectivity index (χ1n) is 7.17. The Morgan fingerprint density at radius 3 is 2.68 bits per heavy atom. The standard InChI is InChI=1S/C18H17NO3/c1-9(2)4-5-11-13(20)7-6-12-15-17(19-16(11)12)14(21)8-10(3)18(15)22/h4,6-8,19-20H,5H2,1-3H3.